The van der Waals surface area contributed by atoms with Crippen molar-refractivity contribution in [3.63, 3.8) is 0 Å². The molecule has 1 saturated heterocycles. The predicted octanol–water partition coefficient (Wildman–Crippen LogP) is 12.5. The molecule has 1 aliphatic heterocycles. The van der Waals surface area contributed by atoms with E-state index in [0.717, 1.165) is 23.9 Å². The number of halogens is 1. The molecule has 7 rings (SSSR count). The molecule has 4 aliphatic rings. The molecule has 0 amide bonds. The zero-order valence-corrected chi connectivity index (χ0v) is 35.9. The molecule has 12 heteroatoms. The Labute approximate surface area is 371 Å². The third-order valence-corrected chi connectivity index (χ3v) is 10.4. The summed E-state index contributed by atoms with van der Waals surface area (Å²) in [5.74, 6) is 2.51. The van der Waals surface area contributed by atoms with E-state index >= 15 is 0 Å². The van der Waals surface area contributed by atoms with Gasteiger partial charge in [-0.3, -0.25) is 0 Å². The van der Waals surface area contributed by atoms with Gasteiger partial charge in [-0.05, 0) is 166 Å². The molecule has 9 nitrogen and oxygen atoms in total. The molecule has 7 N–H and O–H groups in total. The number of nitrogens with zero attached hydrogens (tertiary/aromatic N) is 3. The zero-order chi connectivity index (χ0) is 37.3. The van der Waals surface area contributed by atoms with Gasteiger partial charge in [-0.2, -0.15) is 0 Å². The standard InChI is InChI=1S/C12H21BO2.C11H16N2.C11H14N2.C5H5BrN2.CH4O.4CH4.CH3.Pd/c1-11(2)12(3,4)15-13(14-11)10-8-6-5-7-9-10;2*12-11-7-6-10(8-13-11)9-4-2-1-3-5-9;6-4-1-2-5(7)8-3-4;1-2;;;;;;/h8H,5-7,9H2,1-4H3;6-9H,1-5H2,(H2,12,13);4,6-8H,1-3,5H2,(H2,12,13);1-3H,(H2,7,8);2H,1H3;4*1H4;1H3;/q;;;;;;;;;-1;. The van der Waals surface area contributed by atoms with E-state index in [9.17, 15) is 0 Å². The molecule has 0 aromatic carbocycles. The minimum atomic E-state index is -0.198. The monoisotopic (exact) mass is 947 g/mol. The van der Waals surface area contributed by atoms with Crippen molar-refractivity contribution in [2.45, 2.75) is 158 Å². The van der Waals surface area contributed by atoms with E-state index in [1.807, 2.05) is 30.6 Å². The van der Waals surface area contributed by atoms with Gasteiger partial charge in [0.05, 0.1) is 11.2 Å². The molecule has 0 atom stereocenters. The summed E-state index contributed by atoms with van der Waals surface area (Å²) >= 11 is 3.23. The summed E-state index contributed by atoms with van der Waals surface area (Å²) in [5.41, 5.74) is 21.3. The number of anilines is 3. The Bertz CT molecular complexity index is 1460. The van der Waals surface area contributed by atoms with Gasteiger partial charge in [-0.25, -0.2) is 15.0 Å². The number of aromatic nitrogens is 3. The van der Waals surface area contributed by atoms with Crippen LogP contribution < -0.4 is 17.2 Å². The minimum Gasteiger partial charge on any atom is -0.400 e. The van der Waals surface area contributed by atoms with E-state index in [0.29, 0.717) is 17.5 Å². The van der Waals surface area contributed by atoms with Gasteiger partial charge in [0.15, 0.2) is 0 Å². The number of allylic oxidation sites excluding steroid dienone is 4. The van der Waals surface area contributed by atoms with Crippen LogP contribution in [0.4, 0.5) is 17.5 Å². The number of pyridine rings is 3. The summed E-state index contributed by atoms with van der Waals surface area (Å²) in [6.07, 6.45) is 26.8. The summed E-state index contributed by atoms with van der Waals surface area (Å²) in [7, 11) is 0.898. The Balaban J connectivity index is -0.000000318. The molecule has 3 aliphatic carbocycles. The van der Waals surface area contributed by atoms with Crippen molar-refractivity contribution < 1.29 is 34.8 Å². The second-order valence-electron chi connectivity index (χ2n) is 14.3. The molecular weight excluding hydrogens is 870 g/mol. The van der Waals surface area contributed by atoms with Crippen LogP contribution in [0.5, 0.6) is 0 Å². The van der Waals surface area contributed by atoms with Gasteiger partial charge in [0.25, 0.3) is 0 Å². The van der Waals surface area contributed by atoms with Crippen molar-refractivity contribution in [3.8, 4) is 0 Å². The summed E-state index contributed by atoms with van der Waals surface area (Å²) in [5, 5.41) is 7.00. The molecule has 0 radical (unpaired) electrons. The minimum absolute atomic E-state index is 0. The van der Waals surface area contributed by atoms with Gasteiger partial charge in [-0.15, -0.1) is 0 Å². The Morgan fingerprint density at radius 2 is 1.14 bits per heavy atom. The number of hydrogen-bond donors (Lipinski definition) is 4. The van der Waals surface area contributed by atoms with Crippen LogP contribution in [0.1, 0.15) is 158 Å². The van der Waals surface area contributed by atoms with Crippen LogP contribution in [0, 0.1) is 7.43 Å². The first-order chi connectivity index (χ1) is 24.4. The molecule has 0 bridgehead atoms. The van der Waals surface area contributed by atoms with E-state index in [-0.39, 0.29) is 75.9 Å². The van der Waals surface area contributed by atoms with Crippen LogP contribution in [0.25, 0.3) is 5.57 Å². The van der Waals surface area contributed by atoms with Crippen LogP contribution in [0.3, 0.4) is 0 Å². The van der Waals surface area contributed by atoms with Crippen molar-refractivity contribution in [2.75, 3.05) is 24.3 Å². The van der Waals surface area contributed by atoms with Crippen LogP contribution in [-0.4, -0.2) is 45.5 Å². The quantitative estimate of drug-likeness (QED) is 0.148. The van der Waals surface area contributed by atoms with E-state index in [2.05, 4.69) is 82.9 Å². The number of nitrogens with two attached hydrogens (primary N) is 3. The summed E-state index contributed by atoms with van der Waals surface area (Å²) in [6.45, 7) is 8.43. The fraction of sp³-hybridized carbons (Fsp3) is 0.556. The molecule has 0 spiro atoms. The van der Waals surface area contributed by atoms with Crippen molar-refractivity contribution in [1.29, 1.82) is 0 Å². The van der Waals surface area contributed by atoms with Gasteiger partial charge in [-0.1, -0.05) is 67.2 Å². The second kappa shape index (κ2) is 31.4. The number of hydrogen-bond acceptors (Lipinski definition) is 9. The van der Waals surface area contributed by atoms with E-state index < -0.39 is 0 Å². The largest absolute Gasteiger partial charge is 0.490 e. The smallest absolute Gasteiger partial charge is 0.400 e. The average molecular weight is 949 g/mol. The third kappa shape index (κ3) is 20.8. The molecule has 2 fully saturated rings. The van der Waals surface area contributed by atoms with Crippen molar-refractivity contribution in [1.82, 2.24) is 15.0 Å². The predicted molar refractivity (Wildman–Crippen MR) is 250 cm³/mol. The topological polar surface area (TPSA) is 155 Å². The van der Waals surface area contributed by atoms with Gasteiger partial charge in [0.1, 0.15) is 17.5 Å². The SMILES string of the molecule is C.C.C.C.CC1(C)OB(C2=CCCCC2)OC1(C)C.CO.Nc1ccc(Br)cn1.Nc1ccc(C2=CCCCC2)cn1.Nc1ccc(C2CCCCC2)cn1.[CH3-].[Pd]. The van der Waals surface area contributed by atoms with Crippen LogP contribution in [0.15, 0.2) is 77.1 Å². The van der Waals surface area contributed by atoms with Crippen molar-refractivity contribution in [3.05, 3.63) is 95.6 Å². The summed E-state index contributed by atoms with van der Waals surface area (Å²) < 4.78 is 13.0. The van der Waals surface area contributed by atoms with E-state index in [4.69, 9.17) is 31.6 Å². The molecule has 3 aromatic heterocycles. The molecule has 0 unspecified atom stereocenters. The average Bonchev–Trinajstić information content (AvgIpc) is 3.39. The van der Waals surface area contributed by atoms with Crippen molar-refractivity contribution >= 4 is 46.1 Å². The van der Waals surface area contributed by atoms with Crippen molar-refractivity contribution in [2.24, 2.45) is 0 Å². The number of rotatable bonds is 3. The Morgan fingerprint density at radius 1 is 0.649 bits per heavy atom. The van der Waals surface area contributed by atoms with Gasteiger partial charge < -0.3 is 39.0 Å². The Hall–Kier alpha value is -2.58. The van der Waals surface area contributed by atoms with Crippen LogP contribution in [0.2, 0.25) is 0 Å². The second-order valence-corrected chi connectivity index (χ2v) is 15.2. The maximum absolute atomic E-state index is 7.00. The van der Waals surface area contributed by atoms with Crippen LogP contribution >= 0.6 is 15.9 Å². The first-order valence-electron chi connectivity index (χ1n) is 18.4. The molecule has 328 valence electrons. The van der Waals surface area contributed by atoms with Crippen LogP contribution in [-0.2, 0) is 29.7 Å². The molecule has 1 saturated carbocycles. The van der Waals surface area contributed by atoms with Gasteiger partial charge in [0.2, 0.25) is 0 Å². The number of aliphatic hydroxyl groups excluding tert-OH is 1. The fourth-order valence-electron chi connectivity index (χ4n) is 6.25. The number of nitrogen functional groups attached to an aromatic ring is 3. The maximum Gasteiger partial charge on any atom is 0.490 e. The molecule has 57 heavy (non-hydrogen) atoms. The normalized spacial score (nSPS) is 17.1. The first-order valence-corrected chi connectivity index (χ1v) is 19.2. The van der Waals surface area contributed by atoms with Gasteiger partial charge >= 0.3 is 7.12 Å². The molecule has 4 heterocycles. The third-order valence-electron chi connectivity index (χ3n) is 9.97. The number of aliphatic hydroxyl groups is 1. The van der Waals surface area contributed by atoms with E-state index in [1.165, 1.54) is 99.2 Å². The van der Waals surface area contributed by atoms with E-state index in [1.54, 1.807) is 12.3 Å². The fourth-order valence-corrected chi connectivity index (χ4v) is 6.48. The zero-order valence-electron chi connectivity index (χ0n) is 32.7. The Kier molecular flexibility index (Phi) is 33.6. The Morgan fingerprint density at radius 3 is 1.54 bits per heavy atom. The first kappa shape index (κ1) is 61.1. The molecular formula is C45H79BBrN6O3Pd-. The summed E-state index contributed by atoms with van der Waals surface area (Å²) in [4.78, 5) is 12.0. The molecule has 3 aromatic rings. The van der Waals surface area contributed by atoms with Gasteiger partial charge in [0, 0.05) is 50.6 Å². The summed E-state index contributed by atoms with van der Waals surface area (Å²) in [6, 6.07) is 11.5. The maximum atomic E-state index is 7.00.